The Labute approximate surface area is 283 Å². The maximum atomic E-state index is 13.7. The van der Waals surface area contributed by atoms with Gasteiger partial charge < -0.3 is 10.2 Å². The summed E-state index contributed by atoms with van der Waals surface area (Å²) in [5.74, 6) is -0.0656. The van der Waals surface area contributed by atoms with Crippen LogP contribution in [0.15, 0.2) is 54.6 Å². The molecule has 1 N–H and O–H groups in total. The van der Waals surface area contributed by atoms with E-state index in [9.17, 15) is 9.59 Å². The number of allylic oxidation sites excluding steroid dienone is 2. The number of hydrazine groups is 1. The van der Waals surface area contributed by atoms with Crippen molar-refractivity contribution in [1.29, 1.82) is 0 Å². The Balaban J connectivity index is 1.42. The molecule has 4 rings (SSSR count). The van der Waals surface area contributed by atoms with Gasteiger partial charge in [-0.2, -0.15) is 0 Å². The van der Waals surface area contributed by atoms with Crippen molar-refractivity contribution < 1.29 is 9.59 Å². The van der Waals surface area contributed by atoms with Crippen molar-refractivity contribution in [3.8, 4) is 0 Å². The highest BCUT2D eigenvalue weighted by molar-refractivity contribution is 6.30. The lowest BCUT2D eigenvalue weighted by molar-refractivity contribution is -0.144. The number of benzene rings is 2. The van der Waals surface area contributed by atoms with Gasteiger partial charge in [-0.1, -0.05) is 98.7 Å². The van der Waals surface area contributed by atoms with Crippen molar-refractivity contribution in [1.82, 2.24) is 15.3 Å². The van der Waals surface area contributed by atoms with Crippen LogP contribution in [0.2, 0.25) is 5.02 Å². The van der Waals surface area contributed by atoms with E-state index in [0.717, 1.165) is 62.9 Å². The van der Waals surface area contributed by atoms with Gasteiger partial charge in [-0.05, 0) is 93.4 Å². The second-order valence-corrected chi connectivity index (χ2v) is 14.4. The summed E-state index contributed by atoms with van der Waals surface area (Å²) in [7, 11) is 1.87. The van der Waals surface area contributed by atoms with Crippen LogP contribution in [0.1, 0.15) is 101 Å². The lowest BCUT2D eigenvalue weighted by atomic mass is 9.73. The number of halogens is 1. The minimum atomic E-state index is -0.0535. The van der Waals surface area contributed by atoms with Crippen LogP contribution >= 0.6 is 11.6 Å². The number of anilines is 1. The van der Waals surface area contributed by atoms with Crippen LogP contribution in [0.4, 0.5) is 5.69 Å². The van der Waals surface area contributed by atoms with E-state index in [2.05, 4.69) is 60.6 Å². The highest BCUT2D eigenvalue weighted by Crippen LogP contribution is 2.38. The van der Waals surface area contributed by atoms with Crippen molar-refractivity contribution >= 4 is 29.1 Å². The van der Waals surface area contributed by atoms with Crippen LogP contribution in [0.5, 0.6) is 0 Å². The molecule has 46 heavy (non-hydrogen) atoms. The maximum Gasteiger partial charge on any atom is 0.256 e. The number of amides is 2. The van der Waals surface area contributed by atoms with Crippen LogP contribution in [0, 0.1) is 12.3 Å². The van der Waals surface area contributed by atoms with Crippen LogP contribution < -0.4 is 10.2 Å². The summed E-state index contributed by atoms with van der Waals surface area (Å²) in [4.78, 5) is 29.0. The Morgan fingerprint density at radius 3 is 2.35 bits per heavy atom. The molecular weight excluding hydrogens is 592 g/mol. The Morgan fingerprint density at radius 1 is 0.935 bits per heavy atom. The molecule has 6 nitrogen and oxygen atoms in total. The van der Waals surface area contributed by atoms with Gasteiger partial charge in [-0.25, -0.2) is 5.01 Å². The monoisotopic (exact) mass is 648 g/mol. The third kappa shape index (κ3) is 11.8. The lowest BCUT2D eigenvalue weighted by Gasteiger charge is -2.34. The van der Waals surface area contributed by atoms with Crippen LogP contribution in [0.3, 0.4) is 0 Å². The predicted octanol–water partition coefficient (Wildman–Crippen LogP) is 8.30. The van der Waals surface area contributed by atoms with Crippen molar-refractivity contribution in [2.75, 3.05) is 44.7 Å². The van der Waals surface area contributed by atoms with Gasteiger partial charge in [0, 0.05) is 37.4 Å². The maximum absolute atomic E-state index is 13.7. The van der Waals surface area contributed by atoms with Gasteiger partial charge in [-0.3, -0.25) is 14.6 Å². The second kappa shape index (κ2) is 18.5. The number of likely N-dealkylation sites (N-methyl/N-ethyl adjacent to an activating group) is 1. The van der Waals surface area contributed by atoms with E-state index in [0.29, 0.717) is 23.4 Å². The summed E-state index contributed by atoms with van der Waals surface area (Å²) in [6.07, 6.45) is 20.3. The zero-order valence-electron chi connectivity index (χ0n) is 28.7. The molecule has 0 spiro atoms. The number of aryl methyl sites for hydroxylation is 2. The van der Waals surface area contributed by atoms with Gasteiger partial charge in [0.25, 0.3) is 5.91 Å². The normalized spacial score (nSPS) is 17.0. The van der Waals surface area contributed by atoms with Gasteiger partial charge in [0.15, 0.2) is 0 Å². The van der Waals surface area contributed by atoms with Gasteiger partial charge in [-0.15, -0.1) is 0 Å². The molecule has 0 unspecified atom stereocenters. The summed E-state index contributed by atoms with van der Waals surface area (Å²) in [5.41, 5.74) is 4.88. The number of unbranched alkanes of at least 4 members (excludes halogenated alkanes) is 1. The number of rotatable bonds is 15. The van der Waals surface area contributed by atoms with E-state index < -0.39 is 0 Å². The minimum absolute atomic E-state index is 0.0120. The molecule has 1 saturated carbocycles. The third-order valence-electron chi connectivity index (χ3n) is 9.99. The van der Waals surface area contributed by atoms with Crippen molar-refractivity contribution in [2.45, 2.75) is 104 Å². The fraction of sp³-hybridized carbons (Fsp3) is 0.590. The molecule has 2 aromatic carbocycles. The largest absolute Gasteiger partial charge is 0.355 e. The van der Waals surface area contributed by atoms with Gasteiger partial charge in [0.1, 0.15) is 0 Å². The summed E-state index contributed by atoms with van der Waals surface area (Å²) in [5, 5.41) is 7.72. The molecule has 2 aromatic rings. The predicted molar refractivity (Wildman–Crippen MR) is 192 cm³/mol. The SMILES string of the molecule is Cc1ccc(CCC/C=C\Cc2ccc(Cl)cc2N(CC(=O)NCCC2(C)CCCCC2)CC(=O)N(C)N2CCCCCC2)cc1. The van der Waals surface area contributed by atoms with Gasteiger partial charge in [0.05, 0.1) is 13.1 Å². The molecular formula is C39H57ClN4O2. The quantitative estimate of drug-likeness (QED) is 0.156. The molecule has 1 aliphatic heterocycles. The number of nitrogens with zero attached hydrogens (tertiary/aromatic N) is 3. The first-order valence-corrected chi connectivity index (χ1v) is 18.1. The van der Waals surface area contributed by atoms with E-state index in [-0.39, 0.29) is 24.9 Å². The van der Waals surface area contributed by atoms with E-state index in [1.54, 1.807) is 5.01 Å². The number of carbonyl (C=O) groups is 2. The Kier molecular flexibility index (Phi) is 14.5. The van der Waals surface area contributed by atoms with Gasteiger partial charge >= 0.3 is 0 Å². The molecule has 0 atom stereocenters. The van der Waals surface area contributed by atoms with E-state index in [1.807, 2.05) is 30.1 Å². The molecule has 0 radical (unpaired) electrons. The first-order valence-electron chi connectivity index (χ1n) is 17.7. The number of hydrogen-bond acceptors (Lipinski definition) is 4. The summed E-state index contributed by atoms with van der Waals surface area (Å²) in [6, 6.07) is 14.6. The lowest BCUT2D eigenvalue weighted by Crippen LogP contribution is -2.50. The molecule has 1 heterocycles. The fourth-order valence-electron chi connectivity index (χ4n) is 6.90. The molecule has 2 amide bonds. The summed E-state index contributed by atoms with van der Waals surface area (Å²) in [6.45, 7) is 7.15. The van der Waals surface area contributed by atoms with Gasteiger partial charge in [0.2, 0.25) is 5.91 Å². The van der Waals surface area contributed by atoms with Crippen molar-refractivity contribution in [3.63, 3.8) is 0 Å². The topological polar surface area (TPSA) is 55.9 Å². The highest BCUT2D eigenvalue weighted by Gasteiger charge is 2.27. The molecule has 0 bridgehead atoms. The Hall–Kier alpha value is -2.83. The number of carbonyl (C=O) groups excluding carboxylic acids is 2. The first-order chi connectivity index (χ1) is 22.2. The van der Waals surface area contributed by atoms with E-state index in [1.165, 1.54) is 56.1 Å². The number of hydrogen-bond donors (Lipinski definition) is 1. The zero-order valence-corrected chi connectivity index (χ0v) is 29.4. The second-order valence-electron chi connectivity index (χ2n) is 13.9. The van der Waals surface area contributed by atoms with Crippen LogP contribution in [-0.4, -0.2) is 61.6 Å². The Bertz CT molecular complexity index is 1260. The van der Waals surface area contributed by atoms with Crippen molar-refractivity contribution in [3.05, 3.63) is 76.3 Å². The standard InChI is InChI=1S/C39H57ClN4O2/c1-32-17-19-33(20-18-32)15-9-4-5-10-16-34-21-22-35(40)29-36(34)43(31-38(46)42(3)44-27-13-6-7-14-28-44)30-37(45)41-26-25-39(2)23-11-8-12-24-39/h5,10,17-22,29H,4,6-9,11-16,23-28,30-31H2,1-3H3,(H,41,45)/b10-5-. The van der Waals surface area contributed by atoms with Crippen LogP contribution in [0.25, 0.3) is 0 Å². The molecule has 2 aliphatic rings. The fourth-order valence-corrected chi connectivity index (χ4v) is 7.07. The zero-order chi connectivity index (χ0) is 32.8. The van der Waals surface area contributed by atoms with Crippen LogP contribution in [-0.2, 0) is 22.4 Å². The molecule has 252 valence electrons. The third-order valence-corrected chi connectivity index (χ3v) is 10.2. The molecule has 2 fully saturated rings. The summed E-state index contributed by atoms with van der Waals surface area (Å²) >= 11 is 6.54. The minimum Gasteiger partial charge on any atom is -0.355 e. The van der Waals surface area contributed by atoms with Crippen molar-refractivity contribution in [2.24, 2.45) is 5.41 Å². The number of nitrogens with one attached hydrogen (secondary N) is 1. The average molecular weight is 649 g/mol. The molecule has 7 heteroatoms. The average Bonchev–Trinajstić information content (AvgIpc) is 3.33. The first kappa shape index (κ1) is 36.0. The highest BCUT2D eigenvalue weighted by atomic mass is 35.5. The smallest absolute Gasteiger partial charge is 0.256 e. The summed E-state index contributed by atoms with van der Waals surface area (Å²) < 4.78 is 0. The van der Waals surface area contributed by atoms with E-state index in [4.69, 9.17) is 11.6 Å². The molecule has 0 aromatic heterocycles. The van der Waals surface area contributed by atoms with E-state index >= 15 is 0 Å². The molecule has 1 saturated heterocycles. The Morgan fingerprint density at radius 2 is 1.63 bits per heavy atom. The molecule has 1 aliphatic carbocycles.